The van der Waals surface area contributed by atoms with Gasteiger partial charge in [-0.1, -0.05) is 12.1 Å². The fourth-order valence-corrected chi connectivity index (χ4v) is 2.28. The van der Waals surface area contributed by atoms with E-state index < -0.39 is 0 Å². The molecular weight excluding hydrogens is 237 g/mol. The van der Waals surface area contributed by atoms with Crippen molar-refractivity contribution in [2.45, 2.75) is 6.42 Å². The summed E-state index contributed by atoms with van der Waals surface area (Å²) >= 11 is 1.65. The Morgan fingerprint density at radius 2 is 1.94 bits per heavy atom. The zero-order valence-electron chi connectivity index (χ0n) is 10.3. The van der Waals surface area contributed by atoms with Crippen LogP contribution in [0, 0.1) is 5.82 Å². The highest BCUT2D eigenvalue weighted by molar-refractivity contribution is 7.99. The van der Waals surface area contributed by atoms with E-state index in [-0.39, 0.29) is 11.6 Å². The molecule has 94 valence electrons. The zero-order valence-corrected chi connectivity index (χ0v) is 11.1. The number of hydrogen-bond acceptors (Lipinski definition) is 3. The molecule has 0 aliphatic rings. The average Bonchev–Trinajstić information content (AvgIpc) is 2.27. The summed E-state index contributed by atoms with van der Waals surface area (Å²) in [7, 11) is 4.03. The first-order valence-electron chi connectivity index (χ1n) is 5.56. The second-order valence-electron chi connectivity index (χ2n) is 4.20. The Kier molecular flexibility index (Phi) is 6.22. The maximum atomic E-state index is 12.7. The van der Waals surface area contributed by atoms with E-state index in [9.17, 15) is 9.18 Å². The Hall–Kier alpha value is -0.870. The van der Waals surface area contributed by atoms with Gasteiger partial charge in [0.2, 0.25) is 0 Å². The summed E-state index contributed by atoms with van der Waals surface area (Å²) in [4.78, 5) is 13.7. The molecule has 0 heterocycles. The summed E-state index contributed by atoms with van der Waals surface area (Å²) in [6, 6.07) is 6.11. The smallest absolute Gasteiger partial charge is 0.147 e. The zero-order chi connectivity index (χ0) is 12.7. The molecule has 0 N–H and O–H groups in total. The molecule has 0 radical (unpaired) electrons. The molecule has 0 aliphatic carbocycles. The molecule has 0 aromatic heterocycles. The number of nitrogens with zero attached hydrogens (tertiary/aromatic N) is 1. The first kappa shape index (κ1) is 14.2. The third-order valence-electron chi connectivity index (χ3n) is 2.26. The van der Waals surface area contributed by atoms with Gasteiger partial charge in [0.1, 0.15) is 11.6 Å². The summed E-state index contributed by atoms with van der Waals surface area (Å²) in [6.45, 7) is 0.981. The Morgan fingerprint density at radius 3 is 2.53 bits per heavy atom. The van der Waals surface area contributed by atoms with E-state index >= 15 is 0 Å². The van der Waals surface area contributed by atoms with Crippen molar-refractivity contribution in [1.29, 1.82) is 0 Å². The largest absolute Gasteiger partial charge is 0.309 e. The van der Waals surface area contributed by atoms with Crippen LogP contribution in [-0.4, -0.2) is 42.8 Å². The second-order valence-corrected chi connectivity index (χ2v) is 5.30. The minimum atomic E-state index is -0.262. The van der Waals surface area contributed by atoms with Crippen LogP contribution >= 0.6 is 11.8 Å². The van der Waals surface area contributed by atoms with Crippen LogP contribution in [0.4, 0.5) is 4.39 Å². The highest BCUT2D eigenvalue weighted by atomic mass is 32.2. The lowest BCUT2D eigenvalue weighted by Gasteiger charge is -2.08. The van der Waals surface area contributed by atoms with Gasteiger partial charge >= 0.3 is 0 Å². The number of carbonyl (C=O) groups excluding carboxylic acids is 1. The molecular formula is C13H18FNOS. The van der Waals surface area contributed by atoms with Crippen LogP contribution < -0.4 is 0 Å². The molecule has 17 heavy (non-hydrogen) atoms. The summed E-state index contributed by atoms with van der Waals surface area (Å²) in [6.07, 6.45) is 0.398. The third kappa shape index (κ3) is 6.44. The van der Waals surface area contributed by atoms with Gasteiger partial charge < -0.3 is 4.90 Å². The monoisotopic (exact) mass is 255 g/mol. The van der Waals surface area contributed by atoms with Gasteiger partial charge in [-0.25, -0.2) is 4.39 Å². The first-order chi connectivity index (χ1) is 8.08. The molecule has 0 atom stereocenters. The summed E-state index contributed by atoms with van der Waals surface area (Å²) in [5.41, 5.74) is 0.879. The van der Waals surface area contributed by atoms with Gasteiger partial charge in [0, 0.05) is 18.7 Å². The third-order valence-corrected chi connectivity index (χ3v) is 3.26. The number of hydrogen-bond donors (Lipinski definition) is 0. The fraction of sp³-hybridized carbons (Fsp3) is 0.462. The van der Waals surface area contributed by atoms with Crippen LogP contribution in [0.15, 0.2) is 24.3 Å². The molecule has 1 aromatic carbocycles. The molecule has 0 saturated heterocycles. The minimum absolute atomic E-state index is 0.195. The SMILES string of the molecule is CN(C)CCSCC(=O)Cc1ccc(F)cc1. The summed E-state index contributed by atoms with van der Waals surface area (Å²) in [5.74, 6) is 1.43. The number of carbonyl (C=O) groups is 1. The number of ketones is 1. The van der Waals surface area contributed by atoms with Gasteiger partial charge in [-0.2, -0.15) is 11.8 Å². The van der Waals surface area contributed by atoms with Crippen LogP contribution in [0.25, 0.3) is 0 Å². The highest BCUT2D eigenvalue weighted by Crippen LogP contribution is 2.07. The lowest BCUT2D eigenvalue weighted by molar-refractivity contribution is -0.116. The van der Waals surface area contributed by atoms with Gasteiger partial charge in [0.15, 0.2) is 0 Å². The first-order valence-corrected chi connectivity index (χ1v) is 6.72. The molecule has 0 fully saturated rings. The van der Waals surface area contributed by atoms with Gasteiger partial charge in [-0.05, 0) is 31.8 Å². The standard InChI is InChI=1S/C13H18FNOS/c1-15(2)7-8-17-10-13(16)9-11-3-5-12(14)6-4-11/h3-6H,7-10H2,1-2H3. The van der Waals surface area contributed by atoms with Crippen LogP contribution in [0.2, 0.25) is 0 Å². The number of benzene rings is 1. The lowest BCUT2D eigenvalue weighted by atomic mass is 10.1. The maximum Gasteiger partial charge on any atom is 0.147 e. The van der Waals surface area contributed by atoms with Crippen molar-refractivity contribution >= 4 is 17.5 Å². The normalized spacial score (nSPS) is 10.8. The Morgan fingerprint density at radius 1 is 1.29 bits per heavy atom. The molecule has 0 aliphatic heterocycles. The molecule has 0 unspecified atom stereocenters. The highest BCUT2D eigenvalue weighted by Gasteiger charge is 2.04. The molecule has 1 rings (SSSR count). The maximum absolute atomic E-state index is 12.7. The van der Waals surface area contributed by atoms with E-state index in [4.69, 9.17) is 0 Å². The van der Waals surface area contributed by atoms with E-state index in [0.717, 1.165) is 17.9 Å². The molecule has 4 heteroatoms. The predicted octanol–water partition coefficient (Wildman–Crippen LogP) is 2.23. The van der Waals surface area contributed by atoms with Gasteiger partial charge in [-0.3, -0.25) is 4.79 Å². The Bertz CT molecular complexity index is 351. The fourth-order valence-electron chi connectivity index (χ4n) is 1.31. The molecule has 0 bridgehead atoms. The molecule has 2 nitrogen and oxygen atoms in total. The molecule has 1 aromatic rings. The van der Waals surface area contributed by atoms with E-state index in [1.165, 1.54) is 12.1 Å². The van der Waals surface area contributed by atoms with Crippen LogP contribution in [0.3, 0.4) is 0 Å². The second kappa shape index (κ2) is 7.45. The van der Waals surface area contributed by atoms with Crippen molar-refractivity contribution in [3.05, 3.63) is 35.6 Å². The predicted molar refractivity (Wildman–Crippen MR) is 71.0 cm³/mol. The molecule has 0 spiro atoms. The molecule has 0 amide bonds. The van der Waals surface area contributed by atoms with Crippen molar-refractivity contribution in [2.24, 2.45) is 0 Å². The van der Waals surface area contributed by atoms with Gasteiger partial charge in [0.05, 0.1) is 5.75 Å². The van der Waals surface area contributed by atoms with E-state index in [2.05, 4.69) is 4.90 Å². The topological polar surface area (TPSA) is 20.3 Å². The van der Waals surface area contributed by atoms with Crippen LogP contribution in [-0.2, 0) is 11.2 Å². The summed E-state index contributed by atoms with van der Waals surface area (Å²) in [5, 5.41) is 0. The number of halogens is 1. The summed E-state index contributed by atoms with van der Waals surface area (Å²) < 4.78 is 12.7. The van der Waals surface area contributed by atoms with E-state index in [1.807, 2.05) is 14.1 Å². The van der Waals surface area contributed by atoms with E-state index in [1.54, 1.807) is 23.9 Å². The van der Waals surface area contributed by atoms with Crippen molar-refractivity contribution in [3.63, 3.8) is 0 Å². The number of rotatable bonds is 7. The van der Waals surface area contributed by atoms with Crippen molar-refractivity contribution in [2.75, 3.05) is 32.1 Å². The van der Waals surface area contributed by atoms with Crippen molar-refractivity contribution in [3.8, 4) is 0 Å². The van der Waals surface area contributed by atoms with Gasteiger partial charge in [-0.15, -0.1) is 0 Å². The van der Waals surface area contributed by atoms with E-state index in [0.29, 0.717) is 12.2 Å². The van der Waals surface area contributed by atoms with Gasteiger partial charge in [0.25, 0.3) is 0 Å². The van der Waals surface area contributed by atoms with Crippen LogP contribution in [0.1, 0.15) is 5.56 Å². The minimum Gasteiger partial charge on any atom is -0.309 e. The Balaban J connectivity index is 2.23. The Labute approximate surface area is 106 Å². The quantitative estimate of drug-likeness (QED) is 0.697. The van der Waals surface area contributed by atoms with Crippen molar-refractivity contribution < 1.29 is 9.18 Å². The van der Waals surface area contributed by atoms with Crippen molar-refractivity contribution in [1.82, 2.24) is 4.90 Å². The average molecular weight is 255 g/mol. The molecule has 0 saturated carbocycles. The number of Topliss-reactive ketones (excluding diaryl/α,β-unsaturated/α-hetero) is 1. The van der Waals surface area contributed by atoms with Crippen LogP contribution in [0.5, 0.6) is 0 Å². The lowest BCUT2D eigenvalue weighted by Crippen LogP contribution is -2.16. The number of thioether (sulfide) groups is 1.